The van der Waals surface area contributed by atoms with Crippen molar-refractivity contribution in [2.24, 2.45) is 0 Å². The van der Waals surface area contributed by atoms with Gasteiger partial charge in [0.2, 0.25) is 0 Å². The summed E-state index contributed by atoms with van der Waals surface area (Å²) >= 11 is 0. The minimum atomic E-state index is -0.423. The standard InChI is InChI=1S/C20H10N4O3/c25-18-12-7-14-15(8-13(12)19(26)23-22-18)24-17(21-14)10-5-1-3-9-4-2-6-11(16(9)10)20(24)27/h1-8H,(H,22,25)(H,23,26). The lowest BCUT2D eigenvalue weighted by Crippen LogP contribution is -2.19. The van der Waals surface area contributed by atoms with Gasteiger partial charge in [-0.1, -0.05) is 30.3 Å². The van der Waals surface area contributed by atoms with Crippen LogP contribution in [0.4, 0.5) is 0 Å². The van der Waals surface area contributed by atoms with E-state index in [-0.39, 0.29) is 16.3 Å². The third-order valence-corrected chi connectivity index (χ3v) is 5.15. The van der Waals surface area contributed by atoms with E-state index in [9.17, 15) is 14.4 Å². The van der Waals surface area contributed by atoms with Crippen LogP contribution in [0.25, 0.3) is 49.0 Å². The van der Waals surface area contributed by atoms with Crippen LogP contribution in [-0.2, 0) is 0 Å². The summed E-state index contributed by atoms with van der Waals surface area (Å²) in [5.74, 6) is 0. The maximum absolute atomic E-state index is 13.2. The summed E-state index contributed by atoms with van der Waals surface area (Å²) in [4.78, 5) is 42.1. The van der Waals surface area contributed by atoms with Crippen molar-refractivity contribution >= 4 is 49.0 Å². The zero-order chi connectivity index (χ0) is 18.3. The first kappa shape index (κ1) is 14.2. The van der Waals surface area contributed by atoms with E-state index in [4.69, 9.17) is 0 Å². The van der Waals surface area contributed by atoms with Crippen molar-refractivity contribution in [3.8, 4) is 0 Å². The zero-order valence-electron chi connectivity index (χ0n) is 13.7. The van der Waals surface area contributed by atoms with Gasteiger partial charge in [0, 0.05) is 16.2 Å². The van der Waals surface area contributed by atoms with Gasteiger partial charge in [-0.15, -0.1) is 0 Å². The summed E-state index contributed by atoms with van der Waals surface area (Å²) in [5, 5.41) is 8.37. The van der Waals surface area contributed by atoms with Crippen LogP contribution in [0.15, 0.2) is 62.9 Å². The lowest BCUT2D eigenvalue weighted by molar-refractivity contribution is 0.977. The van der Waals surface area contributed by atoms with Crippen LogP contribution in [0, 0.1) is 0 Å². The molecule has 3 aromatic heterocycles. The maximum atomic E-state index is 13.2. The van der Waals surface area contributed by atoms with Gasteiger partial charge in [0.05, 0.1) is 21.8 Å². The molecule has 0 unspecified atom stereocenters. The first-order valence-electron chi connectivity index (χ1n) is 8.37. The van der Waals surface area contributed by atoms with Crippen LogP contribution in [0.2, 0.25) is 0 Å². The van der Waals surface area contributed by atoms with Crippen LogP contribution in [-0.4, -0.2) is 19.6 Å². The van der Waals surface area contributed by atoms with Gasteiger partial charge in [-0.05, 0) is 23.6 Å². The van der Waals surface area contributed by atoms with E-state index in [0.717, 1.165) is 16.2 Å². The Morgan fingerprint density at radius 3 is 2.19 bits per heavy atom. The predicted molar refractivity (Wildman–Crippen MR) is 104 cm³/mol. The van der Waals surface area contributed by atoms with E-state index >= 15 is 0 Å². The summed E-state index contributed by atoms with van der Waals surface area (Å²) < 4.78 is 1.52. The lowest BCUT2D eigenvalue weighted by Gasteiger charge is -2.06. The average Bonchev–Trinajstić information content (AvgIpc) is 3.07. The molecule has 2 N–H and O–H groups in total. The Balaban J connectivity index is 1.99. The van der Waals surface area contributed by atoms with Gasteiger partial charge in [-0.3, -0.25) is 29.0 Å². The second kappa shape index (κ2) is 4.59. The molecule has 6 rings (SSSR count). The van der Waals surface area contributed by atoms with E-state index in [1.54, 1.807) is 18.2 Å². The topological polar surface area (TPSA) is 100 Å². The fraction of sp³-hybridized carbons (Fsp3) is 0. The molecule has 0 saturated heterocycles. The molecule has 0 atom stereocenters. The number of imidazole rings is 1. The van der Waals surface area contributed by atoms with Crippen molar-refractivity contribution in [3.63, 3.8) is 0 Å². The number of nitrogens with one attached hydrogen (secondary N) is 2. The highest BCUT2D eigenvalue weighted by Crippen LogP contribution is 2.29. The maximum Gasteiger partial charge on any atom is 0.270 e. The van der Waals surface area contributed by atoms with Gasteiger partial charge in [-0.25, -0.2) is 4.98 Å². The molecule has 3 aromatic carbocycles. The molecule has 0 radical (unpaired) electrons. The SMILES string of the molecule is O=c1[nH][nH]c(=O)c2cc3c(cc12)nc1c2cccc4cccc(c(=O)n31)c42. The molecule has 0 fully saturated rings. The minimum absolute atomic E-state index is 0.197. The van der Waals surface area contributed by atoms with Gasteiger partial charge >= 0.3 is 0 Å². The fourth-order valence-corrected chi connectivity index (χ4v) is 3.96. The highest BCUT2D eigenvalue weighted by Gasteiger charge is 2.17. The highest BCUT2D eigenvalue weighted by molar-refractivity contribution is 6.15. The van der Waals surface area contributed by atoms with E-state index in [0.29, 0.717) is 22.1 Å². The van der Waals surface area contributed by atoms with Gasteiger partial charge in [0.25, 0.3) is 16.7 Å². The van der Waals surface area contributed by atoms with E-state index in [1.807, 2.05) is 30.3 Å². The largest absolute Gasteiger partial charge is 0.270 e. The quantitative estimate of drug-likeness (QED) is 0.436. The third-order valence-electron chi connectivity index (χ3n) is 5.15. The number of aromatic nitrogens is 4. The van der Waals surface area contributed by atoms with Crippen molar-refractivity contribution < 1.29 is 0 Å². The van der Waals surface area contributed by atoms with Gasteiger partial charge in [-0.2, -0.15) is 0 Å². The van der Waals surface area contributed by atoms with E-state index in [2.05, 4.69) is 15.2 Å². The molecular formula is C20H10N4O3. The number of benzene rings is 3. The monoisotopic (exact) mass is 354 g/mol. The van der Waals surface area contributed by atoms with Crippen LogP contribution in [0.3, 0.4) is 0 Å². The summed E-state index contributed by atoms with van der Waals surface area (Å²) in [6, 6.07) is 14.5. The number of rotatable bonds is 0. The second-order valence-electron chi connectivity index (χ2n) is 6.58. The molecule has 7 nitrogen and oxygen atoms in total. The molecule has 128 valence electrons. The number of H-pyrrole nitrogens is 2. The summed E-state index contributed by atoms with van der Waals surface area (Å²) in [6.45, 7) is 0. The number of nitrogens with zero attached hydrogens (tertiary/aromatic N) is 2. The van der Waals surface area contributed by atoms with Crippen LogP contribution >= 0.6 is 0 Å². The van der Waals surface area contributed by atoms with Crippen molar-refractivity contribution in [2.75, 3.05) is 0 Å². The molecule has 0 saturated carbocycles. The van der Waals surface area contributed by atoms with Crippen LogP contribution in [0.1, 0.15) is 0 Å². The van der Waals surface area contributed by atoms with Crippen molar-refractivity contribution in [1.82, 2.24) is 19.6 Å². The zero-order valence-corrected chi connectivity index (χ0v) is 13.7. The van der Waals surface area contributed by atoms with Crippen LogP contribution < -0.4 is 16.7 Å². The number of hydrogen-bond donors (Lipinski definition) is 2. The van der Waals surface area contributed by atoms with E-state index < -0.39 is 11.1 Å². The van der Waals surface area contributed by atoms with Crippen molar-refractivity contribution in [3.05, 3.63) is 79.6 Å². The van der Waals surface area contributed by atoms with Gasteiger partial charge in [0.15, 0.2) is 0 Å². The fourth-order valence-electron chi connectivity index (χ4n) is 3.96. The average molecular weight is 354 g/mol. The first-order chi connectivity index (χ1) is 13.1. The molecule has 0 aliphatic rings. The highest BCUT2D eigenvalue weighted by atomic mass is 16.1. The molecule has 6 aromatic rings. The lowest BCUT2D eigenvalue weighted by atomic mass is 10.0. The first-order valence-corrected chi connectivity index (χ1v) is 8.37. The Labute approximate surface area is 148 Å². The van der Waals surface area contributed by atoms with E-state index in [1.165, 1.54) is 4.40 Å². The Morgan fingerprint density at radius 2 is 1.44 bits per heavy atom. The molecule has 7 heteroatoms. The second-order valence-corrected chi connectivity index (χ2v) is 6.58. The molecule has 27 heavy (non-hydrogen) atoms. The van der Waals surface area contributed by atoms with Crippen LogP contribution in [0.5, 0.6) is 0 Å². The molecule has 0 spiro atoms. The van der Waals surface area contributed by atoms with Gasteiger partial charge < -0.3 is 0 Å². The molecular weight excluding hydrogens is 344 g/mol. The van der Waals surface area contributed by atoms with Gasteiger partial charge in [0.1, 0.15) is 5.65 Å². The molecule has 3 heterocycles. The smallest absolute Gasteiger partial charge is 0.268 e. The van der Waals surface area contributed by atoms with Crippen molar-refractivity contribution in [1.29, 1.82) is 0 Å². The Hall–Kier alpha value is -4.00. The molecule has 0 aliphatic heterocycles. The Kier molecular flexibility index (Phi) is 2.41. The number of aromatic amines is 2. The Bertz CT molecular complexity index is 1740. The number of fused-ring (bicyclic) bond motifs is 5. The number of pyridine rings is 1. The molecule has 0 aliphatic carbocycles. The predicted octanol–water partition coefficient (Wildman–Crippen LogP) is 2.12. The third kappa shape index (κ3) is 1.65. The summed E-state index contributed by atoms with van der Waals surface area (Å²) in [5.41, 5.74) is 0.485. The van der Waals surface area contributed by atoms with Crippen molar-refractivity contribution in [2.45, 2.75) is 0 Å². The normalized spacial score (nSPS) is 12.1. The minimum Gasteiger partial charge on any atom is -0.268 e. The summed E-state index contributed by atoms with van der Waals surface area (Å²) in [7, 11) is 0. The molecule has 0 amide bonds. The summed E-state index contributed by atoms with van der Waals surface area (Å²) in [6.07, 6.45) is 0. The number of hydrogen-bond acceptors (Lipinski definition) is 4. The molecule has 0 bridgehead atoms. The Morgan fingerprint density at radius 1 is 0.778 bits per heavy atom.